The van der Waals surface area contributed by atoms with Crippen molar-refractivity contribution in [3.63, 3.8) is 0 Å². The summed E-state index contributed by atoms with van der Waals surface area (Å²) in [7, 11) is 0. The number of hydrogen-bond acceptors (Lipinski definition) is 4. The van der Waals surface area contributed by atoms with Crippen molar-refractivity contribution in [2.45, 2.75) is 26.1 Å². The van der Waals surface area contributed by atoms with Gasteiger partial charge < -0.3 is 9.84 Å². The third-order valence-electron chi connectivity index (χ3n) is 4.82. The summed E-state index contributed by atoms with van der Waals surface area (Å²) in [5, 5.41) is 13.7. The van der Waals surface area contributed by atoms with Crippen LogP contribution in [0.15, 0.2) is 60.7 Å². The summed E-state index contributed by atoms with van der Waals surface area (Å²) in [5.74, 6) is 0.814. The van der Waals surface area contributed by atoms with Gasteiger partial charge in [0.05, 0.1) is 24.5 Å². The standard InChI is InChI=1S/C22H25N3O2/c26-11-12-27-22-8-4-7-19(14-22)16-24-9-10-25-21(17-24)15-20(23-25)13-18-5-2-1-3-6-18/h1-8,14-15,26H,9-13,16-17H2. The van der Waals surface area contributed by atoms with E-state index in [-0.39, 0.29) is 6.61 Å². The molecule has 0 aliphatic carbocycles. The molecule has 0 amide bonds. The van der Waals surface area contributed by atoms with Gasteiger partial charge in [-0.1, -0.05) is 42.5 Å². The number of hydrogen-bond donors (Lipinski definition) is 1. The van der Waals surface area contributed by atoms with Gasteiger partial charge in [-0.05, 0) is 29.3 Å². The zero-order chi connectivity index (χ0) is 18.5. The monoisotopic (exact) mass is 363 g/mol. The van der Waals surface area contributed by atoms with Crippen molar-refractivity contribution in [2.75, 3.05) is 19.8 Å². The molecule has 2 aromatic carbocycles. The molecule has 0 spiro atoms. The maximum Gasteiger partial charge on any atom is 0.119 e. The van der Waals surface area contributed by atoms with Gasteiger partial charge in [0.25, 0.3) is 0 Å². The van der Waals surface area contributed by atoms with E-state index >= 15 is 0 Å². The lowest BCUT2D eigenvalue weighted by molar-refractivity contribution is 0.198. The van der Waals surface area contributed by atoms with Crippen molar-refractivity contribution in [1.29, 1.82) is 0 Å². The first kappa shape index (κ1) is 17.8. The van der Waals surface area contributed by atoms with Crippen LogP contribution >= 0.6 is 0 Å². The Morgan fingerprint density at radius 2 is 1.81 bits per heavy atom. The second-order valence-electron chi connectivity index (χ2n) is 6.94. The summed E-state index contributed by atoms with van der Waals surface area (Å²) < 4.78 is 7.67. The summed E-state index contributed by atoms with van der Waals surface area (Å²) in [4.78, 5) is 2.44. The summed E-state index contributed by atoms with van der Waals surface area (Å²) in [6, 6.07) is 20.8. The van der Waals surface area contributed by atoms with Gasteiger partial charge in [-0.2, -0.15) is 5.10 Å². The van der Waals surface area contributed by atoms with Crippen LogP contribution in [0.3, 0.4) is 0 Å². The molecule has 0 bridgehead atoms. The van der Waals surface area contributed by atoms with E-state index < -0.39 is 0 Å². The molecule has 1 aliphatic heterocycles. The van der Waals surface area contributed by atoms with Gasteiger partial charge in [-0.15, -0.1) is 0 Å². The molecule has 140 valence electrons. The third-order valence-corrected chi connectivity index (χ3v) is 4.82. The molecule has 0 radical (unpaired) electrons. The zero-order valence-corrected chi connectivity index (χ0v) is 15.4. The first-order valence-corrected chi connectivity index (χ1v) is 9.44. The van der Waals surface area contributed by atoms with Crippen molar-refractivity contribution in [2.24, 2.45) is 0 Å². The van der Waals surface area contributed by atoms with Crippen LogP contribution in [0.1, 0.15) is 22.5 Å². The number of nitrogens with zero attached hydrogens (tertiary/aromatic N) is 3. The minimum atomic E-state index is 0.0334. The topological polar surface area (TPSA) is 50.5 Å². The summed E-state index contributed by atoms with van der Waals surface area (Å²) >= 11 is 0. The highest BCUT2D eigenvalue weighted by Crippen LogP contribution is 2.20. The number of rotatable bonds is 7. The molecular weight excluding hydrogens is 338 g/mol. The number of aliphatic hydroxyl groups excluding tert-OH is 1. The van der Waals surface area contributed by atoms with Crippen LogP contribution in [0.25, 0.3) is 0 Å². The van der Waals surface area contributed by atoms with Crippen molar-refractivity contribution in [3.8, 4) is 5.75 Å². The average molecular weight is 363 g/mol. The minimum Gasteiger partial charge on any atom is -0.491 e. The predicted octanol–water partition coefficient (Wildman–Crippen LogP) is 2.86. The number of benzene rings is 2. The maximum atomic E-state index is 8.90. The first-order chi connectivity index (χ1) is 13.3. The van der Waals surface area contributed by atoms with E-state index in [4.69, 9.17) is 14.9 Å². The molecule has 1 aromatic heterocycles. The Bertz CT molecular complexity index is 876. The fourth-order valence-corrected chi connectivity index (χ4v) is 3.56. The Morgan fingerprint density at radius 1 is 0.963 bits per heavy atom. The van der Waals surface area contributed by atoms with Crippen molar-refractivity contribution in [3.05, 3.63) is 83.2 Å². The largest absolute Gasteiger partial charge is 0.491 e. The SMILES string of the molecule is OCCOc1cccc(CN2CCn3nc(Cc4ccccc4)cc3C2)c1. The molecule has 0 saturated carbocycles. The molecule has 27 heavy (non-hydrogen) atoms. The normalized spacial score (nSPS) is 14.1. The van der Waals surface area contributed by atoms with Crippen LogP contribution in [0.2, 0.25) is 0 Å². The molecule has 5 nitrogen and oxygen atoms in total. The minimum absolute atomic E-state index is 0.0334. The maximum absolute atomic E-state index is 8.90. The lowest BCUT2D eigenvalue weighted by Gasteiger charge is -2.27. The predicted molar refractivity (Wildman–Crippen MR) is 105 cm³/mol. The molecule has 3 aromatic rings. The summed E-state index contributed by atoms with van der Waals surface area (Å²) in [6.45, 7) is 4.06. The second kappa shape index (κ2) is 8.37. The van der Waals surface area contributed by atoms with Crippen LogP contribution in [0.5, 0.6) is 5.75 Å². The van der Waals surface area contributed by atoms with Gasteiger partial charge in [-0.3, -0.25) is 9.58 Å². The molecule has 5 heteroatoms. The molecular formula is C22H25N3O2. The van der Waals surface area contributed by atoms with E-state index in [0.717, 1.165) is 44.0 Å². The van der Waals surface area contributed by atoms with E-state index in [9.17, 15) is 0 Å². The zero-order valence-electron chi connectivity index (χ0n) is 15.4. The van der Waals surface area contributed by atoms with Crippen LogP contribution in [-0.4, -0.2) is 39.5 Å². The quantitative estimate of drug-likeness (QED) is 0.701. The highest BCUT2D eigenvalue weighted by molar-refractivity contribution is 5.29. The van der Waals surface area contributed by atoms with Crippen molar-refractivity contribution >= 4 is 0 Å². The summed E-state index contributed by atoms with van der Waals surface area (Å²) in [5.41, 5.74) is 4.93. The number of ether oxygens (including phenoxy) is 1. The highest BCUT2D eigenvalue weighted by atomic mass is 16.5. The Balaban J connectivity index is 1.40. The second-order valence-corrected chi connectivity index (χ2v) is 6.94. The van der Waals surface area contributed by atoms with E-state index in [2.05, 4.69) is 52.0 Å². The number of fused-ring (bicyclic) bond motifs is 1. The molecule has 0 atom stereocenters. The molecule has 0 saturated heterocycles. The summed E-state index contributed by atoms with van der Waals surface area (Å²) in [6.07, 6.45) is 0.880. The molecule has 4 rings (SSSR count). The van der Waals surface area contributed by atoms with Gasteiger partial charge in [0.15, 0.2) is 0 Å². The van der Waals surface area contributed by atoms with Gasteiger partial charge in [0.2, 0.25) is 0 Å². The van der Waals surface area contributed by atoms with Crippen LogP contribution < -0.4 is 4.74 Å². The Hall–Kier alpha value is -2.63. The molecule has 0 fully saturated rings. The first-order valence-electron chi connectivity index (χ1n) is 9.44. The Labute approximate surface area is 159 Å². The fourth-order valence-electron chi connectivity index (χ4n) is 3.56. The van der Waals surface area contributed by atoms with Crippen LogP contribution in [0, 0.1) is 0 Å². The fraction of sp³-hybridized carbons (Fsp3) is 0.318. The Morgan fingerprint density at radius 3 is 2.67 bits per heavy atom. The van der Waals surface area contributed by atoms with Crippen molar-refractivity contribution < 1.29 is 9.84 Å². The van der Waals surface area contributed by atoms with Gasteiger partial charge in [-0.25, -0.2) is 0 Å². The highest BCUT2D eigenvalue weighted by Gasteiger charge is 2.18. The van der Waals surface area contributed by atoms with Gasteiger partial charge in [0.1, 0.15) is 12.4 Å². The van der Waals surface area contributed by atoms with E-state index in [0.29, 0.717) is 6.61 Å². The van der Waals surface area contributed by atoms with Crippen LogP contribution in [0.4, 0.5) is 0 Å². The molecule has 1 N–H and O–H groups in total. The Kier molecular flexibility index (Phi) is 5.51. The molecule has 0 unspecified atom stereocenters. The average Bonchev–Trinajstić information content (AvgIpc) is 3.09. The smallest absolute Gasteiger partial charge is 0.119 e. The molecule has 2 heterocycles. The lowest BCUT2D eigenvalue weighted by Crippen LogP contribution is -2.33. The number of aliphatic hydroxyl groups is 1. The van der Waals surface area contributed by atoms with Crippen LogP contribution in [-0.2, 0) is 26.1 Å². The van der Waals surface area contributed by atoms with E-state index in [1.165, 1.54) is 16.8 Å². The van der Waals surface area contributed by atoms with Gasteiger partial charge >= 0.3 is 0 Å². The van der Waals surface area contributed by atoms with E-state index in [1.54, 1.807) is 0 Å². The number of aromatic nitrogens is 2. The molecule has 1 aliphatic rings. The van der Waals surface area contributed by atoms with Crippen molar-refractivity contribution in [1.82, 2.24) is 14.7 Å². The lowest BCUT2D eigenvalue weighted by atomic mass is 10.1. The van der Waals surface area contributed by atoms with E-state index in [1.807, 2.05) is 18.2 Å². The van der Waals surface area contributed by atoms with Gasteiger partial charge in [0, 0.05) is 26.1 Å². The third kappa shape index (κ3) is 4.56.